The molecule has 1 aromatic rings. The van der Waals surface area contributed by atoms with Crippen LogP contribution in [0.25, 0.3) is 0 Å². The summed E-state index contributed by atoms with van der Waals surface area (Å²) in [5.41, 5.74) is 0. The van der Waals surface area contributed by atoms with Gasteiger partial charge in [-0.05, 0) is 30.7 Å². The second-order valence-electron chi connectivity index (χ2n) is 5.95. The number of hydrogen-bond acceptors (Lipinski definition) is 6. The first-order chi connectivity index (χ1) is 10.7. The van der Waals surface area contributed by atoms with E-state index in [0.717, 1.165) is 19.3 Å². The summed E-state index contributed by atoms with van der Waals surface area (Å²) in [6.45, 7) is 0.307. The maximum Gasteiger partial charge on any atom is 0.319 e. The molecule has 22 heavy (non-hydrogen) atoms. The van der Waals surface area contributed by atoms with E-state index in [4.69, 9.17) is 9.47 Å². The summed E-state index contributed by atoms with van der Waals surface area (Å²) in [6, 6.07) is 4.57. The number of carbonyl (C=O) groups excluding carboxylic acids is 2. The Morgan fingerprint density at radius 2 is 2.14 bits per heavy atom. The molecule has 4 atom stereocenters. The molecule has 0 aromatic carbocycles. The number of fused-ring (bicyclic) bond motifs is 2. The molecule has 0 radical (unpaired) electrons. The van der Waals surface area contributed by atoms with Crippen LogP contribution in [0.4, 0.5) is 0 Å². The number of carbonyl (C=O) groups is 2. The summed E-state index contributed by atoms with van der Waals surface area (Å²) in [5.74, 6) is -0.350. The van der Waals surface area contributed by atoms with Gasteiger partial charge < -0.3 is 9.47 Å². The van der Waals surface area contributed by atoms with Gasteiger partial charge in [0.15, 0.2) is 0 Å². The lowest BCUT2D eigenvalue weighted by Crippen LogP contribution is -2.51. The molecule has 0 spiro atoms. The van der Waals surface area contributed by atoms with Crippen molar-refractivity contribution in [1.82, 2.24) is 4.90 Å². The van der Waals surface area contributed by atoms with Crippen LogP contribution < -0.4 is 0 Å². The van der Waals surface area contributed by atoms with Gasteiger partial charge in [0, 0.05) is 22.9 Å². The Kier molecular flexibility index (Phi) is 4.49. The second-order valence-corrected chi connectivity index (χ2v) is 6.93. The molecule has 0 aliphatic carbocycles. The van der Waals surface area contributed by atoms with Crippen LogP contribution in [0.15, 0.2) is 17.5 Å². The van der Waals surface area contributed by atoms with Gasteiger partial charge in [-0.3, -0.25) is 14.5 Å². The van der Waals surface area contributed by atoms with E-state index in [1.807, 2.05) is 11.4 Å². The van der Waals surface area contributed by atoms with Crippen LogP contribution >= 0.6 is 11.3 Å². The van der Waals surface area contributed by atoms with Crippen molar-refractivity contribution < 1.29 is 19.1 Å². The van der Waals surface area contributed by atoms with Gasteiger partial charge in [0.05, 0.1) is 26.7 Å². The SMILES string of the molecule is COC(=O)CN1[C@@H]2CC[C@@H]1[C@@H](c1cccs1)[C@@H](C(=O)OC)C2. The number of ether oxygens (including phenoxy) is 2. The van der Waals surface area contributed by atoms with E-state index < -0.39 is 0 Å². The van der Waals surface area contributed by atoms with Crippen LogP contribution in [-0.2, 0) is 19.1 Å². The van der Waals surface area contributed by atoms with Crippen molar-refractivity contribution in [3.63, 3.8) is 0 Å². The first kappa shape index (κ1) is 15.5. The van der Waals surface area contributed by atoms with Gasteiger partial charge in [-0.25, -0.2) is 0 Å². The predicted molar refractivity (Wildman–Crippen MR) is 82.7 cm³/mol. The van der Waals surface area contributed by atoms with Crippen molar-refractivity contribution >= 4 is 23.3 Å². The average molecular weight is 323 g/mol. The maximum absolute atomic E-state index is 12.2. The third kappa shape index (κ3) is 2.65. The third-order valence-corrected chi connectivity index (χ3v) is 5.95. The zero-order chi connectivity index (χ0) is 15.7. The number of nitrogens with zero attached hydrogens (tertiary/aromatic N) is 1. The van der Waals surface area contributed by atoms with E-state index in [-0.39, 0.29) is 35.9 Å². The molecular formula is C16H21NO4S. The van der Waals surface area contributed by atoms with Crippen LogP contribution in [0.5, 0.6) is 0 Å². The molecule has 2 aliphatic heterocycles. The first-order valence-electron chi connectivity index (χ1n) is 7.59. The lowest BCUT2D eigenvalue weighted by atomic mass is 9.79. The Hall–Kier alpha value is -1.40. The molecule has 0 amide bonds. The van der Waals surface area contributed by atoms with Crippen molar-refractivity contribution in [3.8, 4) is 0 Å². The predicted octanol–water partition coefficient (Wildman–Crippen LogP) is 2.03. The first-order valence-corrected chi connectivity index (χ1v) is 8.47. The Balaban J connectivity index is 1.90. The molecule has 2 saturated heterocycles. The lowest BCUT2D eigenvalue weighted by molar-refractivity contribution is -0.150. The topological polar surface area (TPSA) is 55.8 Å². The van der Waals surface area contributed by atoms with Gasteiger partial charge in [0.2, 0.25) is 0 Å². The van der Waals surface area contributed by atoms with Crippen LogP contribution in [0.1, 0.15) is 30.1 Å². The Morgan fingerprint density at radius 3 is 2.77 bits per heavy atom. The normalized spacial score (nSPS) is 31.0. The summed E-state index contributed by atoms with van der Waals surface area (Å²) in [5, 5.41) is 2.04. The molecule has 120 valence electrons. The quantitative estimate of drug-likeness (QED) is 0.794. The number of esters is 2. The van der Waals surface area contributed by atoms with Crippen molar-refractivity contribution in [2.24, 2.45) is 5.92 Å². The van der Waals surface area contributed by atoms with Crippen LogP contribution in [-0.4, -0.2) is 49.7 Å². The van der Waals surface area contributed by atoms with Gasteiger partial charge in [0.1, 0.15) is 0 Å². The summed E-state index contributed by atoms with van der Waals surface area (Å²) < 4.78 is 9.86. The van der Waals surface area contributed by atoms with E-state index >= 15 is 0 Å². The molecule has 2 aliphatic rings. The second kappa shape index (κ2) is 6.38. The third-order valence-electron chi connectivity index (χ3n) is 4.98. The zero-order valence-corrected chi connectivity index (χ0v) is 13.7. The summed E-state index contributed by atoms with van der Waals surface area (Å²) in [6.07, 6.45) is 2.79. The lowest BCUT2D eigenvalue weighted by Gasteiger charge is -2.42. The standard InChI is InChI=1S/C16H21NO4S/c1-20-14(18)9-17-10-5-6-12(17)15(13-4-3-7-22-13)11(8-10)16(19)21-2/h3-4,7,10-12,15H,5-6,8-9H2,1-2H3/t10-,11+,12-,15+/m1/s1. The molecule has 0 N–H and O–H groups in total. The summed E-state index contributed by atoms with van der Waals surface area (Å²) in [7, 11) is 2.87. The van der Waals surface area contributed by atoms with Gasteiger partial charge in [-0.1, -0.05) is 6.07 Å². The highest BCUT2D eigenvalue weighted by molar-refractivity contribution is 7.10. The Labute approximate surface area is 134 Å². The number of rotatable bonds is 4. The van der Waals surface area contributed by atoms with Crippen LogP contribution in [0, 0.1) is 5.92 Å². The van der Waals surface area contributed by atoms with Crippen molar-refractivity contribution in [2.75, 3.05) is 20.8 Å². The minimum atomic E-state index is -0.210. The van der Waals surface area contributed by atoms with Gasteiger partial charge in [-0.2, -0.15) is 0 Å². The molecule has 2 fully saturated rings. The average Bonchev–Trinajstić information content (AvgIpc) is 3.14. The molecule has 0 saturated carbocycles. The monoisotopic (exact) mass is 323 g/mol. The number of hydrogen-bond donors (Lipinski definition) is 0. The largest absolute Gasteiger partial charge is 0.469 e. The van der Waals surface area contributed by atoms with E-state index in [1.165, 1.54) is 19.1 Å². The molecule has 3 heterocycles. The fraction of sp³-hybridized carbons (Fsp3) is 0.625. The molecule has 3 rings (SSSR count). The molecule has 2 bridgehead atoms. The van der Waals surface area contributed by atoms with Gasteiger partial charge >= 0.3 is 11.9 Å². The van der Waals surface area contributed by atoms with Crippen molar-refractivity contribution in [1.29, 1.82) is 0 Å². The van der Waals surface area contributed by atoms with E-state index in [9.17, 15) is 9.59 Å². The number of thiophene rings is 1. The molecule has 5 nitrogen and oxygen atoms in total. The summed E-state index contributed by atoms with van der Waals surface area (Å²) in [4.78, 5) is 27.4. The molecular weight excluding hydrogens is 302 g/mol. The van der Waals surface area contributed by atoms with Crippen LogP contribution in [0.3, 0.4) is 0 Å². The maximum atomic E-state index is 12.2. The van der Waals surface area contributed by atoms with Crippen LogP contribution in [0.2, 0.25) is 0 Å². The van der Waals surface area contributed by atoms with E-state index in [0.29, 0.717) is 6.54 Å². The Morgan fingerprint density at radius 1 is 1.32 bits per heavy atom. The van der Waals surface area contributed by atoms with Gasteiger partial charge in [-0.15, -0.1) is 11.3 Å². The number of methoxy groups -OCH3 is 2. The van der Waals surface area contributed by atoms with Crippen molar-refractivity contribution in [2.45, 2.75) is 37.3 Å². The Bertz CT molecular complexity index is 544. The van der Waals surface area contributed by atoms with E-state index in [1.54, 1.807) is 11.3 Å². The van der Waals surface area contributed by atoms with E-state index in [2.05, 4.69) is 11.0 Å². The minimum Gasteiger partial charge on any atom is -0.469 e. The van der Waals surface area contributed by atoms with Crippen molar-refractivity contribution in [3.05, 3.63) is 22.4 Å². The van der Waals surface area contributed by atoms with Gasteiger partial charge in [0.25, 0.3) is 0 Å². The fourth-order valence-corrected chi connectivity index (χ4v) is 4.99. The highest BCUT2D eigenvalue weighted by Gasteiger charge is 2.51. The minimum absolute atomic E-state index is 0.107. The summed E-state index contributed by atoms with van der Waals surface area (Å²) >= 11 is 1.67. The smallest absolute Gasteiger partial charge is 0.319 e. The molecule has 1 aromatic heterocycles. The molecule has 6 heteroatoms. The number of piperidine rings is 1. The highest BCUT2D eigenvalue weighted by Crippen LogP contribution is 2.48. The zero-order valence-electron chi connectivity index (χ0n) is 12.9. The highest BCUT2D eigenvalue weighted by atomic mass is 32.1. The molecule has 0 unspecified atom stereocenters. The fourth-order valence-electron chi connectivity index (χ4n) is 4.04.